The Bertz CT molecular complexity index is 391. The molecule has 0 bridgehead atoms. The van der Waals surface area contributed by atoms with E-state index in [0.29, 0.717) is 23.8 Å². The molecule has 3 N–H and O–H groups in total. The summed E-state index contributed by atoms with van der Waals surface area (Å²) in [6, 6.07) is 7.07. The SMILES string of the molecule is COc1cccc(C(=O)NCC(N)CC(C)C)c1. The van der Waals surface area contributed by atoms with Crippen molar-refractivity contribution in [2.45, 2.75) is 26.3 Å². The number of nitrogens with one attached hydrogen (secondary N) is 1. The van der Waals surface area contributed by atoms with Gasteiger partial charge in [-0.3, -0.25) is 4.79 Å². The van der Waals surface area contributed by atoms with Crippen molar-refractivity contribution in [2.75, 3.05) is 13.7 Å². The number of amides is 1. The van der Waals surface area contributed by atoms with Crippen molar-refractivity contribution in [1.82, 2.24) is 5.32 Å². The minimum Gasteiger partial charge on any atom is -0.497 e. The second kappa shape index (κ2) is 7.01. The Morgan fingerprint density at radius 2 is 2.17 bits per heavy atom. The van der Waals surface area contributed by atoms with Gasteiger partial charge in [0.25, 0.3) is 5.91 Å². The standard InChI is InChI=1S/C14H22N2O2/c1-10(2)7-12(15)9-16-14(17)11-5-4-6-13(8-11)18-3/h4-6,8,10,12H,7,9,15H2,1-3H3,(H,16,17). The van der Waals surface area contributed by atoms with Crippen LogP contribution in [0.3, 0.4) is 0 Å². The van der Waals surface area contributed by atoms with Gasteiger partial charge in [0.2, 0.25) is 0 Å². The zero-order chi connectivity index (χ0) is 13.5. The van der Waals surface area contributed by atoms with Gasteiger partial charge in [0, 0.05) is 18.2 Å². The highest BCUT2D eigenvalue weighted by molar-refractivity contribution is 5.94. The lowest BCUT2D eigenvalue weighted by Gasteiger charge is -2.15. The second-order valence-corrected chi connectivity index (χ2v) is 4.83. The number of carbonyl (C=O) groups excluding carboxylic acids is 1. The molecule has 0 radical (unpaired) electrons. The number of hydrogen-bond acceptors (Lipinski definition) is 3. The summed E-state index contributed by atoms with van der Waals surface area (Å²) in [4.78, 5) is 11.9. The molecule has 0 aliphatic rings. The van der Waals surface area contributed by atoms with Gasteiger partial charge in [0.05, 0.1) is 7.11 Å². The van der Waals surface area contributed by atoms with Gasteiger partial charge in [0.1, 0.15) is 5.75 Å². The summed E-state index contributed by atoms with van der Waals surface area (Å²) < 4.78 is 5.08. The van der Waals surface area contributed by atoms with Crippen LogP contribution >= 0.6 is 0 Å². The Morgan fingerprint density at radius 1 is 1.44 bits per heavy atom. The minimum atomic E-state index is -0.117. The number of methoxy groups -OCH3 is 1. The van der Waals surface area contributed by atoms with Crippen LogP contribution in [-0.4, -0.2) is 25.6 Å². The number of rotatable bonds is 6. The molecule has 0 aliphatic carbocycles. The largest absolute Gasteiger partial charge is 0.497 e. The van der Waals surface area contributed by atoms with Crippen LogP contribution in [0.1, 0.15) is 30.6 Å². The van der Waals surface area contributed by atoms with Crippen LogP contribution in [0.15, 0.2) is 24.3 Å². The smallest absolute Gasteiger partial charge is 0.251 e. The summed E-state index contributed by atoms with van der Waals surface area (Å²) in [6.45, 7) is 4.72. The van der Waals surface area contributed by atoms with Crippen molar-refractivity contribution in [3.05, 3.63) is 29.8 Å². The summed E-state index contributed by atoms with van der Waals surface area (Å²) >= 11 is 0. The van der Waals surface area contributed by atoms with E-state index in [0.717, 1.165) is 6.42 Å². The van der Waals surface area contributed by atoms with E-state index >= 15 is 0 Å². The first kappa shape index (κ1) is 14.5. The highest BCUT2D eigenvalue weighted by Crippen LogP contribution is 2.12. The molecular weight excluding hydrogens is 228 g/mol. The monoisotopic (exact) mass is 250 g/mol. The first-order valence-electron chi connectivity index (χ1n) is 6.20. The third-order valence-electron chi connectivity index (χ3n) is 2.63. The molecule has 0 aliphatic heterocycles. The minimum absolute atomic E-state index is 0.000409. The van der Waals surface area contributed by atoms with Crippen LogP contribution in [0, 0.1) is 5.92 Å². The highest BCUT2D eigenvalue weighted by Gasteiger charge is 2.09. The van der Waals surface area contributed by atoms with Gasteiger partial charge in [-0.25, -0.2) is 0 Å². The molecule has 18 heavy (non-hydrogen) atoms. The topological polar surface area (TPSA) is 64.3 Å². The van der Waals surface area contributed by atoms with E-state index in [1.54, 1.807) is 31.4 Å². The van der Waals surface area contributed by atoms with Gasteiger partial charge >= 0.3 is 0 Å². The van der Waals surface area contributed by atoms with Gasteiger partial charge in [-0.15, -0.1) is 0 Å². The molecule has 0 saturated carbocycles. The van der Waals surface area contributed by atoms with Crippen LogP contribution in [-0.2, 0) is 0 Å². The van der Waals surface area contributed by atoms with E-state index in [-0.39, 0.29) is 11.9 Å². The van der Waals surface area contributed by atoms with E-state index in [2.05, 4.69) is 19.2 Å². The van der Waals surface area contributed by atoms with E-state index in [9.17, 15) is 4.79 Å². The lowest BCUT2D eigenvalue weighted by Crippen LogP contribution is -2.38. The van der Waals surface area contributed by atoms with Gasteiger partial charge in [-0.05, 0) is 30.5 Å². The lowest BCUT2D eigenvalue weighted by atomic mass is 10.0. The number of carbonyl (C=O) groups is 1. The van der Waals surface area contributed by atoms with Crippen molar-refractivity contribution in [1.29, 1.82) is 0 Å². The zero-order valence-corrected chi connectivity index (χ0v) is 11.3. The van der Waals surface area contributed by atoms with Crippen LogP contribution in [0.2, 0.25) is 0 Å². The Hall–Kier alpha value is -1.55. The van der Waals surface area contributed by atoms with Crippen LogP contribution < -0.4 is 15.8 Å². The molecule has 0 saturated heterocycles. The molecule has 1 unspecified atom stereocenters. The molecule has 4 heteroatoms. The molecule has 1 amide bonds. The Balaban J connectivity index is 2.49. The zero-order valence-electron chi connectivity index (χ0n) is 11.3. The first-order valence-corrected chi connectivity index (χ1v) is 6.20. The summed E-state index contributed by atoms with van der Waals surface area (Å²) in [5, 5.41) is 2.84. The summed E-state index contributed by atoms with van der Waals surface area (Å²) in [6.07, 6.45) is 0.901. The van der Waals surface area contributed by atoms with E-state index in [1.165, 1.54) is 0 Å². The number of benzene rings is 1. The molecule has 1 aromatic carbocycles. The summed E-state index contributed by atoms with van der Waals surface area (Å²) in [7, 11) is 1.58. The van der Waals surface area contributed by atoms with Crippen LogP contribution in [0.25, 0.3) is 0 Å². The maximum atomic E-state index is 11.9. The molecule has 0 aromatic heterocycles. The quantitative estimate of drug-likeness (QED) is 0.809. The highest BCUT2D eigenvalue weighted by atomic mass is 16.5. The molecule has 4 nitrogen and oxygen atoms in total. The van der Waals surface area contributed by atoms with E-state index in [1.807, 2.05) is 0 Å². The van der Waals surface area contributed by atoms with Gasteiger partial charge in [-0.1, -0.05) is 19.9 Å². The van der Waals surface area contributed by atoms with Gasteiger partial charge in [-0.2, -0.15) is 0 Å². The Kier molecular flexibility index (Phi) is 5.65. The first-order chi connectivity index (χ1) is 8.52. The maximum absolute atomic E-state index is 11.9. The fraction of sp³-hybridized carbons (Fsp3) is 0.500. The van der Waals surface area contributed by atoms with Crippen molar-refractivity contribution in [3.8, 4) is 5.75 Å². The number of ether oxygens (including phenoxy) is 1. The van der Waals surface area contributed by atoms with Crippen molar-refractivity contribution in [2.24, 2.45) is 11.7 Å². The van der Waals surface area contributed by atoms with E-state index in [4.69, 9.17) is 10.5 Å². The Morgan fingerprint density at radius 3 is 2.78 bits per heavy atom. The van der Waals surface area contributed by atoms with Crippen molar-refractivity contribution in [3.63, 3.8) is 0 Å². The average Bonchev–Trinajstić information content (AvgIpc) is 2.35. The fourth-order valence-corrected chi connectivity index (χ4v) is 1.78. The molecule has 1 rings (SSSR count). The predicted octanol–water partition coefficient (Wildman–Crippen LogP) is 1.80. The third-order valence-corrected chi connectivity index (χ3v) is 2.63. The van der Waals surface area contributed by atoms with Gasteiger partial charge in [0.15, 0.2) is 0 Å². The molecule has 100 valence electrons. The van der Waals surface area contributed by atoms with Crippen molar-refractivity contribution >= 4 is 5.91 Å². The predicted molar refractivity (Wildman–Crippen MR) is 72.8 cm³/mol. The average molecular weight is 250 g/mol. The number of hydrogen-bond donors (Lipinski definition) is 2. The van der Waals surface area contributed by atoms with Crippen molar-refractivity contribution < 1.29 is 9.53 Å². The Labute approximate surface area is 109 Å². The summed E-state index contributed by atoms with van der Waals surface area (Å²) in [5.41, 5.74) is 6.51. The van der Waals surface area contributed by atoms with E-state index < -0.39 is 0 Å². The second-order valence-electron chi connectivity index (χ2n) is 4.83. The number of nitrogens with two attached hydrogens (primary N) is 1. The van der Waals surface area contributed by atoms with Crippen LogP contribution in [0.4, 0.5) is 0 Å². The summed E-state index contributed by atoms with van der Waals surface area (Å²) in [5.74, 6) is 1.09. The molecule has 0 heterocycles. The lowest BCUT2D eigenvalue weighted by molar-refractivity contribution is 0.0949. The van der Waals surface area contributed by atoms with Crippen LogP contribution in [0.5, 0.6) is 5.75 Å². The fourth-order valence-electron chi connectivity index (χ4n) is 1.78. The molecule has 0 spiro atoms. The van der Waals surface area contributed by atoms with Gasteiger partial charge < -0.3 is 15.8 Å². The molecule has 1 aromatic rings. The maximum Gasteiger partial charge on any atom is 0.251 e. The molecular formula is C14H22N2O2. The molecule has 0 fully saturated rings. The third kappa shape index (κ3) is 4.75. The normalized spacial score (nSPS) is 12.3. The molecule has 1 atom stereocenters.